The molecule has 1 aliphatic carbocycles. The van der Waals surface area contributed by atoms with Gasteiger partial charge in [-0.3, -0.25) is 0 Å². The highest BCUT2D eigenvalue weighted by atomic mass is 35.5. The van der Waals surface area contributed by atoms with E-state index in [9.17, 15) is 0 Å². The fourth-order valence-corrected chi connectivity index (χ4v) is 2.92. The van der Waals surface area contributed by atoms with Crippen LogP contribution in [0.15, 0.2) is 18.2 Å². The van der Waals surface area contributed by atoms with Crippen LogP contribution in [0.1, 0.15) is 33.0 Å². The van der Waals surface area contributed by atoms with Gasteiger partial charge in [-0.1, -0.05) is 13.0 Å². The van der Waals surface area contributed by atoms with Crippen molar-refractivity contribution in [3.8, 4) is 5.75 Å². The van der Waals surface area contributed by atoms with E-state index in [1.54, 1.807) is 0 Å². The first kappa shape index (κ1) is 13.7. The van der Waals surface area contributed by atoms with Gasteiger partial charge in [0.15, 0.2) is 0 Å². The molecule has 1 fully saturated rings. The molecule has 20 heavy (non-hydrogen) atoms. The number of imidazole rings is 1. The Kier molecular flexibility index (Phi) is 3.63. The minimum absolute atomic E-state index is 0.147. The molecule has 108 valence electrons. The zero-order valence-electron chi connectivity index (χ0n) is 12.3. The molecule has 1 aliphatic rings. The Balaban J connectivity index is 2.04. The van der Waals surface area contributed by atoms with Gasteiger partial charge in [0.2, 0.25) is 0 Å². The summed E-state index contributed by atoms with van der Waals surface area (Å²) in [6.07, 6.45) is 1.46. The van der Waals surface area contributed by atoms with Gasteiger partial charge < -0.3 is 9.30 Å². The molecule has 0 radical (unpaired) electrons. The number of fused-ring (bicyclic) bond motifs is 1. The van der Waals surface area contributed by atoms with Gasteiger partial charge in [0, 0.05) is 6.54 Å². The SMILES string of the molecule is CC(C)Oc1cccc2c1nc(CCl)n2CC1CC1C. The van der Waals surface area contributed by atoms with E-state index in [0.717, 1.165) is 41.0 Å². The summed E-state index contributed by atoms with van der Waals surface area (Å²) in [5.74, 6) is 3.83. The quantitative estimate of drug-likeness (QED) is 0.772. The van der Waals surface area contributed by atoms with Crippen molar-refractivity contribution < 1.29 is 4.74 Å². The van der Waals surface area contributed by atoms with Crippen LogP contribution >= 0.6 is 11.6 Å². The molecule has 0 spiro atoms. The lowest BCUT2D eigenvalue weighted by atomic mass is 10.2. The molecule has 0 bridgehead atoms. The van der Waals surface area contributed by atoms with Gasteiger partial charge >= 0.3 is 0 Å². The Morgan fingerprint density at radius 1 is 1.45 bits per heavy atom. The number of benzene rings is 1. The summed E-state index contributed by atoms with van der Waals surface area (Å²) < 4.78 is 8.13. The monoisotopic (exact) mass is 292 g/mol. The number of hydrogen-bond acceptors (Lipinski definition) is 2. The lowest BCUT2D eigenvalue weighted by Crippen LogP contribution is -2.06. The zero-order valence-corrected chi connectivity index (χ0v) is 13.0. The second-order valence-corrected chi connectivity index (χ2v) is 6.30. The predicted octanol–water partition coefficient (Wildman–Crippen LogP) is 4.22. The molecule has 0 saturated heterocycles. The minimum Gasteiger partial charge on any atom is -0.489 e. The number of aromatic nitrogens is 2. The second-order valence-electron chi connectivity index (χ2n) is 6.04. The van der Waals surface area contributed by atoms with Crippen molar-refractivity contribution in [2.75, 3.05) is 0 Å². The molecule has 2 aromatic rings. The van der Waals surface area contributed by atoms with E-state index in [1.165, 1.54) is 6.42 Å². The van der Waals surface area contributed by atoms with Crippen LogP contribution in [0.4, 0.5) is 0 Å². The molecule has 1 aromatic heterocycles. The van der Waals surface area contributed by atoms with Crippen LogP contribution in [0, 0.1) is 11.8 Å². The maximum Gasteiger partial charge on any atom is 0.147 e. The van der Waals surface area contributed by atoms with Crippen molar-refractivity contribution >= 4 is 22.6 Å². The van der Waals surface area contributed by atoms with Gasteiger partial charge in [0.25, 0.3) is 0 Å². The number of nitrogens with zero attached hydrogens (tertiary/aromatic N) is 2. The Morgan fingerprint density at radius 3 is 2.80 bits per heavy atom. The molecule has 1 saturated carbocycles. The Bertz CT molecular complexity index is 620. The third-order valence-corrected chi connectivity index (χ3v) is 4.24. The number of ether oxygens (including phenoxy) is 1. The van der Waals surface area contributed by atoms with Gasteiger partial charge in [0.05, 0.1) is 17.5 Å². The summed E-state index contributed by atoms with van der Waals surface area (Å²) in [6, 6.07) is 6.13. The van der Waals surface area contributed by atoms with Crippen LogP contribution in [-0.4, -0.2) is 15.7 Å². The van der Waals surface area contributed by atoms with Crippen LogP contribution in [0.5, 0.6) is 5.75 Å². The first-order valence-corrected chi connectivity index (χ1v) is 7.84. The standard InChI is InChI=1S/C16H21ClN2O/c1-10(2)20-14-6-4-5-13-16(14)18-15(8-17)19(13)9-12-7-11(12)3/h4-6,10-12H,7-9H2,1-3H3. The molecule has 3 nitrogen and oxygen atoms in total. The van der Waals surface area contributed by atoms with Crippen LogP contribution in [0.25, 0.3) is 11.0 Å². The molecule has 2 atom stereocenters. The molecule has 1 aromatic carbocycles. The van der Waals surface area contributed by atoms with E-state index in [4.69, 9.17) is 21.3 Å². The van der Waals surface area contributed by atoms with Gasteiger partial charge in [-0.25, -0.2) is 4.98 Å². The smallest absolute Gasteiger partial charge is 0.147 e. The van der Waals surface area contributed by atoms with Crippen molar-refractivity contribution in [3.63, 3.8) is 0 Å². The first-order valence-electron chi connectivity index (χ1n) is 7.31. The van der Waals surface area contributed by atoms with Gasteiger partial charge in [-0.15, -0.1) is 11.6 Å². The van der Waals surface area contributed by atoms with E-state index in [-0.39, 0.29) is 6.10 Å². The topological polar surface area (TPSA) is 27.1 Å². The van der Waals surface area contributed by atoms with Gasteiger partial charge in [-0.2, -0.15) is 0 Å². The third-order valence-electron chi connectivity index (χ3n) is 4.00. The Labute approximate surface area is 124 Å². The lowest BCUT2D eigenvalue weighted by molar-refractivity contribution is 0.245. The fourth-order valence-electron chi connectivity index (χ4n) is 2.71. The molecule has 0 N–H and O–H groups in total. The number of hydrogen-bond donors (Lipinski definition) is 0. The summed E-state index contributed by atoms with van der Waals surface area (Å²) >= 11 is 6.08. The van der Waals surface area contributed by atoms with E-state index >= 15 is 0 Å². The van der Waals surface area contributed by atoms with E-state index in [1.807, 2.05) is 26.0 Å². The predicted molar refractivity (Wildman–Crippen MR) is 82.3 cm³/mol. The largest absolute Gasteiger partial charge is 0.489 e. The van der Waals surface area contributed by atoms with Crippen LogP contribution in [0.3, 0.4) is 0 Å². The molecule has 2 unspecified atom stereocenters. The molecule has 4 heteroatoms. The van der Waals surface area contributed by atoms with Gasteiger partial charge in [-0.05, 0) is 44.2 Å². The number of alkyl halides is 1. The summed E-state index contributed by atoms with van der Waals surface area (Å²) in [4.78, 5) is 4.70. The lowest BCUT2D eigenvalue weighted by Gasteiger charge is -2.10. The molecular formula is C16H21ClN2O. The number of para-hydroxylation sites is 1. The van der Waals surface area contributed by atoms with Crippen molar-refractivity contribution in [1.82, 2.24) is 9.55 Å². The molecule has 3 rings (SSSR count). The summed E-state index contributed by atoms with van der Waals surface area (Å²) in [6.45, 7) is 7.39. The van der Waals surface area contributed by atoms with Crippen molar-refractivity contribution in [2.24, 2.45) is 11.8 Å². The van der Waals surface area contributed by atoms with Crippen molar-refractivity contribution in [2.45, 2.75) is 45.7 Å². The van der Waals surface area contributed by atoms with Crippen molar-refractivity contribution in [3.05, 3.63) is 24.0 Å². The maximum absolute atomic E-state index is 6.08. The summed E-state index contributed by atoms with van der Waals surface area (Å²) in [7, 11) is 0. The summed E-state index contributed by atoms with van der Waals surface area (Å²) in [5, 5.41) is 0. The van der Waals surface area contributed by atoms with Crippen molar-refractivity contribution in [1.29, 1.82) is 0 Å². The average molecular weight is 293 g/mol. The number of halogens is 1. The van der Waals surface area contributed by atoms with E-state index < -0.39 is 0 Å². The number of rotatable bonds is 5. The fraction of sp³-hybridized carbons (Fsp3) is 0.562. The van der Waals surface area contributed by atoms with Crippen LogP contribution in [-0.2, 0) is 12.4 Å². The molecule has 0 aliphatic heterocycles. The van der Waals surface area contributed by atoms with Gasteiger partial charge in [0.1, 0.15) is 17.1 Å². The highest BCUT2D eigenvalue weighted by molar-refractivity contribution is 6.16. The highest BCUT2D eigenvalue weighted by Crippen LogP contribution is 2.40. The normalized spacial score (nSPS) is 21.6. The minimum atomic E-state index is 0.147. The molecular weight excluding hydrogens is 272 g/mol. The molecule has 0 amide bonds. The van der Waals surface area contributed by atoms with E-state index in [2.05, 4.69) is 17.6 Å². The maximum atomic E-state index is 6.08. The second kappa shape index (κ2) is 5.28. The van der Waals surface area contributed by atoms with Crippen LogP contribution < -0.4 is 4.74 Å². The third kappa shape index (κ3) is 2.51. The molecule has 1 heterocycles. The van der Waals surface area contributed by atoms with Crippen LogP contribution in [0.2, 0.25) is 0 Å². The highest BCUT2D eigenvalue weighted by Gasteiger charge is 2.33. The zero-order chi connectivity index (χ0) is 14.3. The Hall–Kier alpha value is -1.22. The summed E-state index contributed by atoms with van der Waals surface area (Å²) in [5.41, 5.74) is 2.07. The average Bonchev–Trinajstić information content (AvgIpc) is 2.97. The van der Waals surface area contributed by atoms with E-state index in [0.29, 0.717) is 5.88 Å². The first-order chi connectivity index (χ1) is 9.60. The Morgan fingerprint density at radius 2 is 2.20 bits per heavy atom.